The van der Waals surface area contributed by atoms with E-state index in [4.69, 9.17) is 10.2 Å². The topological polar surface area (TPSA) is 201 Å². The van der Waals surface area contributed by atoms with E-state index < -0.39 is 36.1 Å². The van der Waals surface area contributed by atoms with Crippen molar-refractivity contribution in [3.05, 3.63) is 0 Å². The molecule has 0 saturated carbocycles. The number of rotatable bonds is 8. The first kappa shape index (κ1) is 36.4. The monoisotopic (exact) mass is 428 g/mol. The van der Waals surface area contributed by atoms with E-state index in [0.29, 0.717) is 0 Å². The molecule has 0 aromatic heterocycles. The van der Waals surface area contributed by atoms with Crippen molar-refractivity contribution >= 4 is 23.9 Å². The minimum absolute atomic E-state index is 0. The van der Waals surface area contributed by atoms with Gasteiger partial charge in [0.25, 0.3) is 0 Å². The number of carbonyl (C=O) groups is 4. The molecule has 10 nitrogen and oxygen atoms in total. The van der Waals surface area contributed by atoms with Crippen molar-refractivity contribution in [1.82, 2.24) is 0 Å². The van der Waals surface area contributed by atoms with E-state index >= 15 is 0 Å². The van der Waals surface area contributed by atoms with Gasteiger partial charge in [0.1, 0.15) is 0 Å². The van der Waals surface area contributed by atoms with Crippen molar-refractivity contribution in [2.45, 2.75) is 78.4 Å². The van der Waals surface area contributed by atoms with E-state index in [1.807, 2.05) is 0 Å². The van der Waals surface area contributed by atoms with Crippen molar-refractivity contribution in [3.63, 3.8) is 0 Å². The summed E-state index contributed by atoms with van der Waals surface area (Å²) >= 11 is 0. The summed E-state index contributed by atoms with van der Waals surface area (Å²) in [6, 6.07) is 0. The number of hydrogen-bond acceptors (Lipinski definition) is 8. The number of aliphatic carboxylic acids is 4. The molecular weight excluding hydrogens is 400 g/mol. The van der Waals surface area contributed by atoms with E-state index in [2.05, 4.69) is 0 Å². The van der Waals surface area contributed by atoms with Gasteiger partial charge in [0.15, 0.2) is 0 Å². The van der Waals surface area contributed by atoms with Gasteiger partial charge in [0.05, 0.1) is 0 Å². The van der Waals surface area contributed by atoms with Gasteiger partial charge in [-0.05, 0) is 25.7 Å². The Bertz CT molecular complexity index is 314. The molecule has 11 heteroatoms. The minimum Gasteiger partial charge on any atom is -0.852 e. The number of carboxylic acid groups (broad SMARTS) is 4. The average molecular weight is 428 g/mol. The van der Waals surface area contributed by atoms with Gasteiger partial charge < -0.3 is 40.2 Å². The van der Waals surface area contributed by atoms with Crippen LogP contribution in [0.1, 0.15) is 66.2 Å². The standard InChI is InChI=1S/2C5H8O4.2C3H7O.Ti/c2*6-4(7)2-1-3-5(8)9;2*1-3(2)4;/h2*1-3H2,(H,6,7)(H,8,9);2*3H,1-2H3;/q;;2*-1;+4/p-2. The molecule has 0 aliphatic rings. The molecule has 156 valence electrons. The first-order chi connectivity index (χ1) is 11.7. The fourth-order valence-electron chi connectivity index (χ4n) is 0.768. The number of carboxylic acids is 4. The fraction of sp³-hybridized carbons (Fsp3) is 0.750. The molecule has 0 atom stereocenters. The van der Waals surface area contributed by atoms with Gasteiger partial charge in [0, 0.05) is 24.8 Å². The van der Waals surface area contributed by atoms with Crippen LogP contribution in [0.15, 0.2) is 0 Å². The van der Waals surface area contributed by atoms with Crippen LogP contribution in [0.2, 0.25) is 0 Å². The molecule has 0 bridgehead atoms. The van der Waals surface area contributed by atoms with E-state index in [1.54, 1.807) is 27.7 Å². The largest absolute Gasteiger partial charge is 4.00 e. The van der Waals surface area contributed by atoms with Crippen molar-refractivity contribution in [2.75, 3.05) is 0 Å². The third-order valence-electron chi connectivity index (χ3n) is 1.54. The first-order valence-corrected chi connectivity index (χ1v) is 7.87. The summed E-state index contributed by atoms with van der Waals surface area (Å²) < 4.78 is 0. The van der Waals surface area contributed by atoms with Gasteiger partial charge in [-0.1, -0.05) is 27.7 Å². The molecule has 2 N–H and O–H groups in total. The van der Waals surface area contributed by atoms with E-state index in [1.165, 1.54) is 0 Å². The minimum atomic E-state index is -1.23. The predicted octanol–water partition coefficient (Wildman–Crippen LogP) is -2.51. The molecule has 0 saturated heterocycles. The molecule has 0 rings (SSSR count). The van der Waals surface area contributed by atoms with Gasteiger partial charge in [-0.15, -0.1) is 12.2 Å². The van der Waals surface area contributed by atoms with Crippen LogP contribution in [0.5, 0.6) is 0 Å². The van der Waals surface area contributed by atoms with Gasteiger partial charge in [-0.25, -0.2) is 0 Å². The SMILES string of the molecule is CC(C)[O-].CC(C)[O-].O=C(O)CCCC(=O)O.O=C([O-])CCCC(=O)[O-].[Ti+4]. The Hall–Kier alpha value is -1.49. The van der Waals surface area contributed by atoms with Crippen molar-refractivity contribution in [3.8, 4) is 0 Å². The normalized spacial score (nSPS) is 8.59. The second-order valence-corrected chi connectivity index (χ2v) is 5.34. The Morgan fingerprint density at radius 1 is 0.667 bits per heavy atom. The maximum absolute atomic E-state index is 9.79. The molecule has 0 aliphatic heterocycles. The number of carbonyl (C=O) groups excluding carboxylic acids is 2. The third-order valence-corrected chi connectivity index (χ3v) is 1.54. The van der Waals surface area contributed by atoms with Crippen LogP contribution in [0.4, 0.5) is 0 Å². The van der Waals surface area contributed by atoms with Crippen LogP contribution in [0.25, 0.3) is 0 Å². The van der Waals surface area contributed by atoms with Crippen molar-refractivity contribution in [1.29, 1.82) is 0 Å². The Labute approximate surface area is 174 Å². The number of hydrogen-bond donors (Lipinski definition) is 2. The Morgan fingerprint density at radius 2 is 0.852 bits per heavy atom. The Balaban J connectivity index is -0.0000000843. The van der Waals surface area contributed by atoms with E-state index in [9.17, 15) is 39.6 Å². The molecule has 27 heavy (non-hydrogen) atoms. The second kappa shape index (κ2) is 26.7. The zero-order chi connectivity index (χ0) is 21.7. The molecule has 0 aliphatic carbocycles. The molecule has 0 aromatic rings. The molecule has 0 amide bonds. The summed E-state index contributed by atoms with van der Waals surface area (Å²) in [7, 11) is 0. The van der Waals surface area contributed by atoms with Gasteiger partial charge in [0.2, 0.25) is 0 Å². The maximum Gasteiger partial charge on any atom is 4.00 e. The molecule has 0 spiro atoms. The maximum atomic E-state index is 9.79. The molecule has 0 unspecified atom stereocenters. The molecule has 0 aromatic carbocycles. The van der Waals surface area contributed by atoms with Crippen molar-refractivity contribution in [2.24, 2.45) is 0 Å². The van der Waals surface area contributed by atoms with Crippen LogP contribution >= 0.6 is 0 Å². The van der Waals surface area contributed by atoms with Crippen LogP contribution in [-0.2, 0) is 40.9 Å². The van der Waals surface area contributed by atoms with Gasteiger partial charge in [-0.3, -0.25) is 9.59 Å². The summed E-state index contributed by atoms with van der Waals surface area (Å²) in [4.78, 5) is 38.9. The first-order valence-electron chi connectivity index (χ1n) is 7.87. The van der Waals surface area contributed by atoms with Crippen LogP contribution in [0.3, 0.4) is 0 Å². The summed E-state index contributed by atoms with van der Waals surface area (Å²) in [6.45, 7) is 6.44. The Kier molecular flexibility index (Phi) is 36.1. The average Bonchev–Trinajstić information content (AvgIpc) is 2.35. The van der Waals surface area contributed by atoms with Crippen LogP contribution in [-0.4, -0.2) is 46.3 Å². The zero-order valence-corrected chi connectivity index (χ0v) is 17.6. The molecule has 0 fully saturated rings. The Morgan fingerprint density at radius 3 is 1.00 bits per heavy atom. The summed E-state index contributed by atoms with van der Waals surface area (Å²) in [6.07, 6.45) is -1.09. The smallest absolute Gasteiger partial charge is 0.852 e. The molecular formula is C16H28O10Ti. The summed E-state index contributed by atoms with van der Waals surface area (Å²) in [5.74, 6) is -4.35. The van der Waals surface area contributed by atoms with E-state index in [-0.39, 0.29) is 60.2 Å². The summed E-state index contributed by atoms with van der Waals surface area (Å²) in [5, 5.41) is 54.4. The predicted molar refractivity (Wildman–Crippen MR) is 83.3 cm³/mol. The third kappa shape index (κ3) is 112. The van der Waals surface area contributed by atoms with E-state index in [0.717, 1.165) is 0 Å². The molecule has 0 heterocycles. The quantitative estimate of drug-likeness (QED) is 0.389. The van der Waals surface area contributed by atoms with Gasteiger partial charge in [-0.2, -0.15) is 0 Å². The zero-order valence-electron chi connectivity index (χ0n) is 16.1. The molecule has 0 radical (unpaired) electrons. The van der Waals surface area contributed by atoms with Crippen molar-refractivity contribution < 1.29 is 71.5 Å². The summed E-state index contributed by atoms with van der Waals surface area (Å²) in [5.41, 5.74) is 0. The second-order valence-electron chi connectivity index (χ2n) is 5.34. The van der Waals surface area contributed by atoms with Gasteiger partial charge >= 0.3 is 33.7 Å². The van der Waals surface area contributed by atoms with Crippen LogP contribution < -0.4 is 20.4 Å². The fourth-order valence-corrected chi connectivity index (χ4v) is 0.768. The van der Waals surface area contributed by atoms with Crippen LogP contribution in [0, 0.1) is 0 Å².